The second kappa shape index (κ2) is 6.98. The molecule has 1 aliphatic rings. The molecule has 0 spiro atoms. The smallest absolute Gasteiger partial charge is 0.222 e. The number of thioether (sulfide) groups is 1. The molecule has 2 aromatic rings. The molecule has 3 rings (SSSR count). The van der Waals surface area contributed by atoms with Gasteiger partial charge in [0.2, 0.25) is 5.95 Å². The molecule has 1 atom stereocenters. The van der Waals surface area contributed by atoms with Gasteiger partial charge in [-0.3, -0.25) is 0 Å². The average molecular weight is 316 g/mol. The maximum Gasteiger partial charge on any atom is 0.222 e. The highest BCUT2D eigenvalue weighted by atomic mass is 32.2. The lowest BCUT2D eigenvalue weighted by Gasteiger charge is -2.11. The summed E-state index contributed by atoms with van der Waals surface area (Å²) in [5.74, 6) is 1.40. The van der Waals surface area contributed by atoms with Crippen LogP contribution in [0.5, 0.6) is 0 Å². The summed E-state index contributed by atoms with van der Waals surface area (Å²) in [5.41, 5.74) is 8.02. The standard InChI is InChI=1S/C16H20N4OS/c1-22-13-4-2-3-11(7-13)9-18-15-8-14(19-16(17)20-15)12-5-6-21-10-12/h2-4,7-8,12H,5-6,9-10H2,1H3,(H3,17,18,19,20)/t12-/m1/s1. The lowest BCUT2D eigenvalue weighted by Crippen LogP contribution is -2.09. The van der Waals surface area contributed by atoms with Crippen molar-refractivity contribution in [1.82, 2.24) is 9.97 Å². The first-order valence-electron chi connectivity index (χ1n) is 7.33. The second-order valence-corrected chi connectivity index (χ2v) is 6.18. The number of nitrogens with two attached hydrogens (primary N) is 1. The van der Waals surface area contributed by atoms with Gasteiger partial charge >= 0.3 is 0 Å². The van der Waals surface area contributed by atoms with E-state index in [0.29, 0.717) is 25.0 Å². The van der Waals surface area contributed by atoms with Gasteiger partial charge in [-0.2, -0.15) is 4.98 Å². The van der Waals surface area contributed by atoms with Crippen LogP contribution in [0.15, 0.2) is 35.2 Å². The van der Waals surface area contributed by atoms with Crippen molar-refractivity contribution in [3.8, 4) is 0 Å². The Morgan fingerprint density at radius 3 is 3.05 bits per heavy atom. The van der Waals surface area contributed by atoms with Gasteiger partial charge in [0.25, 0.3) is 0 Å². The fourth-order valence-corrected chi connectivity index (χ4v) is 3.01. The molecule has 116 valence electrons. The summed E-state index contributed by atoms with van der Waals surface area (Å²) in [5, 5.41) is 3.34. The van der Waals surface area contributed by atoms with Gasteiger partial charge in [-0.05, 0) is 30.4 Å². The Morgan fingerprint density at radius 2 is 2.27 bits per heavy atom. The molecule has 5 nitrogen and oxygen atoms in total. The number of benzene rings is 1. The molecule has 0 amide bonds. The first-order chi connectivity index (χ1) is 10.7. The fourth-order valence-electron chi connectivity index (χ4n) is 2.53. The number of aromatic nitrogens is 2. The maximum atomic E-state index is 5.84. The summed E-state index contributed by atoms with van der Waals surface area (Å²) in [7, 11) is 0. The third kappa shape index (κ3) is 3.69. The molecule has 0 unspecified atom stereocenters. The third-order valence-corrected chi connectivity index (χ3v) is 4.44. The maximum absolute atomic E-state index is 5.84. The lowest BCUT2D eigenvalue weighted by atomic mass is 10.0. The van der Waals surface area contributed by atoms with E-state index in [0.717, 1.165) is 24.5 Å². The molecule has 1 aromatic heterocycles. The summed E-state index contributed by atoms with van der Waals surface area (Å²) in [6.07, 6.45) is 3.07. The molecule has 0 saturated carbocycles. The van der Waals surface area contributed by atoms with Crippen molar-refractivity contribution in [3.63, 3.8) is 0 Å². The first-order valence-corrected chi connectivity index (χ1v) is 8.56. The molecule has 6 heteroatoms. The molecular weight excluding hydrogens is 296 g/mol. The van der Waals surface area contributed by atoms with Crippen LogP contribution in [0.1, 0.15) is 23.6 Å². The van der Waals surface area contributed by atoms with E-state index in [2.05, 4.69) is 45.8 Å². The lowest BCUT2D eigenvalue weighted by molar-refractivity contribution is 0.193. The zero-order chi connectivity index (χ0) is 15.4. The van der Waals surface area contributed by atoms with E-state index in [9.17, 15) is 0 Å². The van der Waals surface area contributed by atoms with Crippen LogP contribution in [0, 0.1) is 0 Å². The topological polar surface area (TPSA) is 73.1 Å². The number of rotatable bonds is 5. The third-order valence-electron chi connectivity index (χ3n) is 3.72. The number of ether oxygens (including phenoxy) is 1. The monoisotopic (exact) mass is 316 g/mol. The number of anilines is 2. The summed E-state index contributed by atoms with van der Waals surface area (Å²) >= 11 is 1.74. The number of hydrogen-bond acceptors (Lipinski definition) is 6. The van der Waals surface area contributed by atoms with Gasteiger partial charge in [0.1, 0.15) is 5.82 Å². The summed E-state index contributed by atoms with van der Waals surface area (Å²) in [4.78, 5) is 9.87. The number of nitrogens with one attached hydrogen (secondary N) is 1. The molecule has 22 heavy (non-hydrogen) atoms. The number of nitrogen functional groups attached to an aromatic ring is 1. The largest absolute Gasteiger partial charge is 0.381 e. The predicted molar refractivity (Wildman–Crippen MR) is 90.2 cm³/mol. The normalized spacial score (nSPS) is 17.6. The molecule has 0 bridgehead atoms. The van der Waals surface area contributed by atoms with Gasteiger partial charge in [0.15, 0.2) is 0 Å². The van der Waals surface area contributed by atoms with Crippen molar-refractivity contribution in [1.29, 1.82) is 0 Å². The summed E-state index contributed by atoms with van der Waals surface area (Å²) in [6.45, 7) is 2.22. The molecule has 1 aliphatic heterocycles. The van der Waals surface area contributed by atoms with Gasteiger partial charge in [-0.15, -0.1) is 11.8 Å². The number of nitrogens with zero attached hydrogens (tertiary/aromatic N) is 2. The zero-order valence-corrected chi connectivity index (χ0v) is 13.4. The van der Waals surface area contributed by atoms with E-state index in [-0.39, 0.29) is 0 Å². The van der Waals surface area contributed by atoms with Crippen LogP contribution in [0.2, 0.25) is 0 Å². The Bertz CT molecular complexity index is 644. The highest BCUT2D eigenvalue weighted by molar-refractivity contribution is 7.98. The fraction of sp³-hybridized carbons (Fsp3) is 0.375. The predicted octanol–water partition coefficient (Wildman–Crippen LogP) is 2.90. The van der Waals surface area contributed by atoms with Crippen LogP contribution < -0.4 is 11.1 Å². The molecular formula is C16H20N4OS. The quantitative estimate of drug-likeness (QED) is 0.826. The Labute approximate surface area is 134 Å². The van der Waals surface area contributed by atoms with Crippen LogP contribution in [-0.2, 0) is 11.3 Å². The van der Waals surface area contributed by atoms with Crippen molar-refractivity contribution in [2.45, 2.75) is 23.8 Å². The molecule has 2 heterocycles. The van der Waals surface area contributed by atoms with Crippen LogP contribution in [0.3, 0.4) is 0 Å². The number of hydrogen-bond donors (Lipinski definition) is 2. The van der Waals surface area contributed by atoms with Crippen LogP contribution in [0.25, 0.3) is 0 Å². The Kier molecular flexibility index (Phi) is 4.80. The molecule has 3 N–H and O–H groups in total. The first kappa shape index (κ1) is 15.1. The van der Waals surface area contributed by atoms with Gasteiger partial charge in [0.05, 0.1) is 12.3 Å². The van der Waals surface area contributed by atoms with E-state index in [4.69, 9.17) is 10.5 Å². The molecule has 1 aromatic carbocycles. The van der Waals surface area contributed by atoms with Gasteiger partial charge < -0.3 is 15.8 Å². The van der Waals surface area contributed by atoms with E-state index in [1.165, 1.54) is 10.5 Å². The minimum atomic E-state index is 0.310. The Balaban J connectivity index is 1.71. The zero-order valence-electron chi connectivity index (χ0n) is 12.6. The molecule has 1 fully saturated rings. The van der Waals surface area contributed by atoms with Gasteiger partial charge in [-0.25, -0.2) is 4.98 Å². The van der Waals surface area contributed by atoms with Gasteiger partial charge in [0, 0.05) is 30.0 Å². The average Bonchev–Trinajstić information content (AvgIpc) is 3.07. The van der Waals surface area contributed by atoms with E-state index in [1.807, 2.05) is 6.07 Å². The minimum Gasteiger partial charge on any atom is -0.381 e. The molecule has 0 aliphatic carbocycles. The van der Waals surface area contributed by atoms with Crippen LogP contribution in [-0.4, -0.2) is 29.4 Å². The van der Waals surface area contributed by atoms with Crippen molar-refractivity contribution in [2.75, 3.05) is 30.5 Å². The second-order valence-electron chi connectivity index (χ2n) is 5.30. The molecule has 0 radical (unpaired) electrons. The van der Waals surface area contributed by atoms with Crippen LogP contribution >= 0.6 is 11.8 Å². The van der Waals surface area contributed by atoms with Crippen molar-refractivity contribution in [2.24, 2.45) is 0 Å². The molecule has 1 saturated heterocycles. The Morgan fingerprint density at radius 1 is 1.36 bits per heavy atom. The van der Waals surface area contributed by atoms with Crippen molar-refractivity contribution < 1.29 is 4.74 Å². The van der Waals surface area contributed by atoms with Crippen LogP contribution in [0.4, 0.5) is 11.8 Å². The highest BCUT2D eigenvalue weighted by Gasteiger charge is 2.20. The highest BCUT2D eigenvalue weighted by Crippen LogP contribution is 2.25. The SMILES string of the molecule is CSc1cccc(CNc2cc([C@@H]3CCOC3)nc(N)n2)c1. The van der Waals surface area contributed by atoms with E-state index < -0.39 is 0 Å². The van der Waals surface area contributed by atoms with E-state index >= 15 is 0 Å². The van der Waals surface area contributed by atoms with Crippen molar-refractivity contribution >= 4 is 23.5 Å². The summed E-state index contributed by atoms with van der Waals surface area (Å²) < 4.78 is 5.42. The van der Waals surface area contributed by atoms with Gasteiger partial charge in [-0.1, -0.05) is 12.1 Å². The Hall–Kier alpha value is -1.79. The minimum absolute atomic E-state index is 0.310. The van der Waals surface area contributed by atoms with E-state index in [1.54, 1.807) is 11.8 Å². The van der Waals surface area contributed by atoms with Crippen molar-refractivity contribution in [3.05, 3.63) is 41.6 Å². The summed E-state index contributed by atoms with van der Waals surface area (Å²) in [6, 6.07) is 10.4.